The summed E-state index contributed by atoms with van der Waals surface area (Å²) in [4.78, 5) is 12.4. The lowest BCUT2D eigenvalue weighted by molar-refractivity contribution is -0.688. The summed E-state index contributed by atoms with van der Waals surface area (Å²) in [5.74, 6) is 1.61. The monoisotopic (exact) mass is 317 g/mol. The van der Waals surface area contributed by atoms with Crippen molar-refractivity contribution in [3.05, 3.63) is 29.3 Å². The number of nitrogens with one attached hydrogen (secondary N) is 1. The lowest BCUT2D eigenvalue weighted by Crippen LogP contribution is -2.93. The Labute approximate surface area is 141 Å². The minimum absolute atomic E-state index is 0.131. The fourth-order valence-corrected chi connectivity index (χ4v) is 3.81. The number of hydrogen-bond acceptors (Lipinski definition) is 1. The SMILES string of the molecule is CCc1cccc(CC)c1NC(=O)C[NH2+][C@H]1CCC[C@@H](C)[C@@H]1C. The third-order valence-corrected chi connectivity index (χ3v) is 5.64. The number of rotatable bonds is 6. The molecule has 1 amide bonds. The van der Waals surface area contributed by atoms with Crippen molar-refractivity contribution in [3.63, 3.8) is 0 Å². The van der Waals surface area contributed by atoms with E-state index in [-0.39, 0.29) is 5.91 Å². The number of aryl methyl sites for hydroxylation is 2. The number of nitrogens with two attached hydrogens (primary N) is 1. The molecule has 128 valence electrons. The molecule has 0 spiro atoms. The molecule has 0 bridgehead atoms. The van der Waals surface area contributed by atoms with Crippen LogP contribution in [0.25, 0.3) is 0 Å². The summed E-state index contributed by atoms with van der Waals surface area (Å²) < 4.78 is 0. The highest BCUT2D eigenvalue weighted by molar-refractivity contribution is 5.93. The molecule has 3 nitrogen and oxygen atoms in total. The van der Waals surface area contributed by atoms with Crippen LogP contribution in [-0.4, -0.2) is 18.5 Å². The molecule has 0 heterocycles. The third kappa shape index (κ3) is 4.57. The largest absolute Gasteiger partial charge is 0.336 e. The van der Waals surface area contributed by atoms with E-state index >= 15 is 0 Å². The maximum Gasteiger partial charge on any atom is 0.279 e. The van der Waals surface area contributed by atoms with Crippen molar-refractivity contribution in [2.45, 2.75) is 65.8 Å². The Bertz CT molecular complexity index is 504. The lowest BCUT2D eigenvalue weighted by atomic mass is 9.78. The molecular weight excluding hydrogens is 284 g/mol. The van der Waals surface area contributed by atoms with Crippen LogP contribution in [0.3, 0.4) is 0 Å². The molecule has 0 aliphatic heterocycles. The summed E-state index contributed by atoms with van der Waals surface area (Å²) in [7, 11) is 0. The van der Waals surface area contributed by atoms with Gasteiger partial charge in [0, 0.05) is 11.6 Å². The van der Waals surface area contributed by atoms with Crippen LogP contribution in [0.15, 0.2) is 18.2 Å². The van der Waals surface area contributed by atoms with Gasteiger partial charge in [0.25, 0.3) is 5.91 Å². The Morgan fingerprint density at radius 3 is 2.43 bits per heavy atom. The highest BCUT2D eigenvalue weighted by Crippen LogP contribution is 2.27. The highest BCUT2D eigenvalue weighted by Gasteiger charge is 2.30. The van der Waals surface area contributed by atoms with Gasteiger partial charge in [-0.15, -0.1) is 0 Å². The second-order valence-corrected chi connectivity index (χ2v) is 7.08. The average molecular weight is 317 g/mol. The first-order chi connectivity index (χ1) is 11.1. The van der Waals surface area contributed by atoms with Crippen molar-refractivity contribution in [1.82, 2.24) is 0 Å². The molecule has 1 saturated carbocycles. The molecule has 3 atom stereocenters. The molecule has 3 heteroatoms. The molecule has 3 N–H and O–H groups in total. The number of carbonyl (C=O) groups excluding carboxylic acids is 1. The smallest absolute Gasteiger partial charge is 0.279 e. The van der Waals surface area contributed by atoms with Gasteiger partial charge in [-0.3, -0.25) is 4.79 Å². The van der Waals surface area contributed by atoms with Gasteiger partial charge in [-0.25, -0.2) is 0 Å². The van der Waals surface area contributed by atoms with Crippen LogP contribution in [0.1, 0.15) is 58.1 Å². The molecule has 0 saturated heterocycles. The summed E-state index contributed by atoms with van der Waals surface area (Å²) in [5.41, 5.74) is 3.51. The van der Waals surface area contributed by atoms with Gasteiger partial charge in [0.2, 0.25) is 0 Å². The van der Waals surface area contributed by atoms with Crippen molar-refractivity contribution < 1.29 is 10.1 Å². The van der Waals surface area contributed by atoms with Crippen LogP contribution < -0.4 is 10.6 Å². The maximum absolute atomic E-state index is 12.4. The molecule has 0 radical (unpaired) electrons. The summed E-state index contributed by atoms with van der Waals surface area (Å²) in [6.45, 7) is 9.49. The molecule has 0 unspecified atom stereocenters. The van der Waals surface area contributed by atoms with Crippen LogP contribution in [0.2, 0.25) is 0 Å². The molecule has 1 aromatic rings. The van der Waals surface area contributed by atoms with Gasteiger partial charge >= 0.3 is 0 Å². The molecule has 1 aromatic carbocycles. The Morgan fingerprint density at radius 2 is 1.83 bits per heavy atom. The topological polar surface area (TPSA) is 45.7 Å². The fourth-order valence-electron chi connectivity index (χ4n) is 3.81. The Hall–Kier alpha value is -1.35. The predicted octanol–water partition coefficient (Wildman–Crippen LogP) is 3.14. The van der Waals surface area contributed by atoms with Crippen molar-refractivity contribution in [2.75, 3.05) is 11.9 Å². The van der Waals surface area contributed by atoms with E-state index < -0.39 is 0 Å². The maximum atomic E-state index is 12.4. The van der Waals surface area contributed by atoms with Crippen LogP contribution >= 0.6 is 0 Å². The normalized spacial score (nSPS) is 24.4. The molecule has 1 aliphatic rings. The number of amides is 1. The zero-order valence-electron chi connectivity index (χ0n) is 15.2. The van der Waals surface area contributed by atoms with E-state index in [4.69, 9.17) is 0 Å². The second-order valence-electron chi connectivity index (χ2n) is 7.08. The van der Waals surface area contributed by atoms with E-state index in [1.807, 2.05) is 0 Å². The minimum atomic E-state index is 0.131. The number of quaternary nitrogens is 1. The van der Waals surface area contributed by atoms with Gasteiger partial charge in [0.15, 0.2) is 6.54 Å². The summed E-state index contributed by atoms with van der Waals surface area (Å²) >= 11 is 0. The van der Waals surface area contributed by atoms with Gasteiger partial charge < -0.3 is 10.6 Å². The quantitative estimate of drug-likeness (QED) is 0.832. The summed E-state index contributed by atoms with van der Waals surface area (Å²) in [6.07, 6.45) is 5.77. The Kier molecular flexibility index (Phi) is 6.64. The van der Waals surface area contributed by atoms with E-state index in [9.17, 15) is 4.79 Å². The molecule has 1 fully saturated rings. The number of anilines is 1. The Morgan fingerprint density at radius 1 is 1.17 bits per heavy atom. The van der Waals surface area contributed by atoms with Gasteiger partial charge in [-0.05, 0) is 49.1 Å². The molecular formula is C20H33N2O+. The van der Waals surface area contributed by atoms with E-state index in [2.05, 4.69) is 56.5 Å². The predicted molar refractivity (Wildman–Crippen MR) is 96.6 cm³/mol. The van der Waals surface area contributed by atoms with Crippen molar-refractivity contribution in [1.29, 1.82) is 0 Å². The number of benzene rings is 1. The standard InChI is InChI=1S/C20H32N2O/c1-5-16-10-8-11-17(6-2)20(16)22-19(23)13-21-18-12-7-9-14(3)15(18)4/h8,10-11,14-15,18,21H,5-7,9,12-13H2,1-4H3,(H,22,23)/p+1/t14-,15+,18+/m1/s1. The lowest BCUT2D eigenvalue weighted by Gasteiger charge is -2.32. The van der Waals surface area contributed by atoms with Gasteiger partial charge in [0.05, 0.1) is 6.04 Å². The molecule has 1 aliphatic carbocycles. The van der Waals surface area contributed by atoms with Crippen molar-refractivity contribution in [2.24, 2.45) is 11.8 Å². The highest BCUT2D eigenvalue weighted by atomic mass is 16.1. The van der Waals surface area contributed by atoms with E-state index in [1.165, 1.54) is 30.4 Å². The average Bonchev–Trinajstić information content (AvgIpc) is 2.56. The fraction of sp³-hybridized carbons (Fsp3) is 0.650. The first kappa shape index (κ1) is 18.0. The zero-order chi connectivity index (χ0) is 16.8. The second kappa shape index (κ2) is 8.49. The van der Waals surface area contributed by atoms with Gasteiger partial charge in [0.1, 0.15) is 0 Å². The number of carbonyl (C=O) groups is 1. The zero-order valence-corrected chi connectivity index (χ0v) is 15.2. The van der Waals surface area contributed by atoms with E-state index in [0.29, 0.717) is 18.5 Å². The van der Waals surface area contributed by atoms with E-state index in [0.717, 1.165) is 24.4 Å². The van der Waals surface area contributed by atoms with Gasteiger partial charge in [-0.1, -0.05) is 45.9 Å². The number of hydrogen-bond donors (Lipinski definition) is 2. The van der Waals surface area contributed by atoms with Gasteiger partial charge in [-0.2, -0.15) is 0 Å². The van der Waals surface area contributed by atoms with E-state index in [1.54, 1.807) is 0 Å². The Balaban J connectivity index is 1.95. The summed E-state index contributed by atoms with van der Waals surface area (Å²) in [5, 5.41) is 5.44. The number of para-hydroxylation sites is 1. The van der Waals surface area contributed by atoms with Crippen molar-refractivity contribution >= 4 is 11.6 Å². The first-order valence-corrected chi connectivity index (χ1v) is 9.30. The van der Waals surface area contributed by atoms with Crippen LogP contribution in [0, 0.1) is 11.8 Å². The minimum Gasteiger partial charge on any atom is -0.336 e. The van der Waals surface area contributed by atoms with Crippen molar-refractivity contribution in [3.8, 4) is 0 Å². The van der Waals surface area contributed by atoms with Crippen LogP contribution in [0.5, 0.6) is 0 Å². The molecule has 0 aromatic heterocycles. The van der Waals surface area contributed by atoms with Crippen LogP contribution in [0.4, 0.5) is 5.69 Å². The summed E-state index contributed by atoms with van der Waals surface area (Å²) in [6, 6.07) is 6.91. The first-order valence-electron chi connectivity index (χ1n) is 9.30. The molecule has 2 rings (SSSR count). The third-order valence-electron chi connectivity index (χ3n) is 5.64. The van der Waals surface area contributed by atoms with Crippen LogP contribution in [-0.2, 0) is 17.6 Å². The molecule has 23 heavy (non-hydrogen) atoms.